The molecule has 20 heavy (non-hydrogen) atoms. The molecular formula is C16H22N2O2. The number of allylic oxidation sites excluding steroid dienone is 6. The molecule has 4 heteroatoms. The molecule has 0 aliphatic carbocycles. The minimum Gasteiger partial charge on any atom is -0.374 e. The molecular weight excluding hydrogens is 252 g/mol. The molecule has 0 spiro atoms. The van der Waals surface area contributed by atoms with E-state index in [4.69, 9.17) is 0 Å². The Morgan fingerprint density at radius 2 is 1.75 bits per heavy atom. The second kappa shape index (κ2) is 7.48. The van der Waals surface area contributed by atoms with Gasteiger partial charge >= 0.3 is 0 Å². The molecule has 1 N–H and O–H groups in total. The number of imide groups is 1. The maximum absolute atomic E-state index is 12.4. The normalized spacial score (nSPS) is 21.6. The minimum atomic E-state index is -0.495. The Kier molecular flexibility index (Phi) is 5.97. The third-order valence-electron chi connectivity index (χ3n) is 3.04. The lowest BCUT2D eigenvalue weighted by Crippen LogP contribution is -2.37. The lowest BCUT2D eigenvalue weighted by Gasteiger charge is -2.17. The van der Waals surface area contributed by atoms with Gasteiger partial charge in [-0.25, -0.2) is 4.90 Å². The van der Waals surface area contributed by atoms with E-state index in [2.05, 4.69) is 5.32 Å². The van der Waals surface area contributed by atoms with Crippen LogP contribution in [0.4, 0.5) is 0 Å². The number of likely N-dealkylation sites (tertiary alicyclic amines) is 1. The number of amides is 2. The van der Waals surface area contributed by atoms with Crippen LogP contribution in [0.25, 0.3) is 0 Å². The number of rotatable bonds is 5. The third kappa shape index (κ3) is 3.47. The first-order chi connectivity index (χ1) is 9.58. The van der Waals surface area contributed by atoms with Crippen LogP contribution in [0, 0.1) is 0 Å². The van der Waals surface area contributed by atoms with E-state index in [0.29, 0.717) is 5.70 Å². The highest BCUT2D eigenvalue weighted by atomic mass is 16.2. The van der Waals surface area contributed by atoms with Gasteiger partial charge in [0.2, 0.25) is 5.91 Å². The van der Waals surface area contributed by atoms with Crippen LogP contribution in [0.15, 0.2) is 47.9 Å². The first-order valence-corrected chi connectivity index (χ1v) is 6.80. The molecule has 108 valence electrons. The standard InChI is InChI=1S/C16H22N2O2/c1-5-9-12(7-3)17-14-11-15(19)18(16(14)20)13(8-4)10-6-2/h5-10,14,17H,11H2,1-4H3/b9-5-,10-6-,12-7+,13-8+. The summed E-state index contributed by atoms with van der Waals surface area (Å²) in [6.07, 6.45) is 11.2. The van der Waals surface area contributed by atoms with Gasteiger partial charge in [-0.15, -0.1) is 0 Å². The van der Waals surface area contributed by atoms with Gasteiger partial charge in [0, 0.05) is 11.4 Å². The minimum absolute atomic E-state index is 0.172. The summed E-state index contributed by atoms with van der Waals surface area (Å²) in [5.41, 5.74) is 1.47. The first-order valence-electron chi connectivity index (χ1n) is 6.80. The second-order valence-corrected chi connectivity index (χ2v) is 4.43. The third-order valence-corrected chi connectivity index (χ3v) is 3.04. The maximum atomic E-state index is 12.4. The molecule has 0 bridgehead atoms. The molecule has 1 saturated heterocycles. The smallest absolute Gasteiger partial charge is 0.256 e. The van der Waals surface area contributed by atoms with Crippen LogP contribution in [-0.4, -0.2) is 22.8 Å². The predicted octanol–water partition coefficient (Wildman–Crippen LogP) is 2.66. The summed E-state index contributed by atoms with van der Waals surface area (Å²) in [6, 6.07) is -0.495. The van der Waals surface area contributed by atoms with E-state index >= 15 is 0 Å². The quantitative estimate of drug-likeness (QED) is 0.619. The molecule has 1 aliphatic rings. The van der Waals surface area contributed by atoms with Gasteiger partial charge in [-0.05, 0) is 39.8 Å². The van der Waals surface area contributed by atoms with Crippen LogP contribution < -0.4 is 5.32 Å². The average molecular weight is 274 g/mol. The Morgan fingerprint density at radius 3 is 2.25 bits per heavy atom. The number of nitrogens with zero attached hydrogens (tertiary/aromatic N) is 1. The molecule has 0 radical (unpaired) electrons. The van der Waals surface area contributed by atoms with E-state index in [9.17, 15) is 9.59 Å². The van der Waals surface area contributed by atoms with Crippen molar-refractivity contribution >= 4 is 11.8 Å². The van der Waals surface area contributed by atoms with Gasteiger partial charge in [0.15, 0.2) is 0 Å². The van der Waals surface area contributed by atoms with Gasteiger partial charge in [-0.3, -0.25) is 9.59 Å². The van der Waals surface area contributed by atoms with Crippen molar-refractivity contribution < 1.29 is 9.59 Å². The lowest BCUT2D eigenvalue weighted by atomic mass is 10.2. The molecule has 1 rings (SSSR count). The molecule has 1 fully saturated rings. The topological polar surface area (TPSA) is 49.4 Å². The van der Waals surface area contributed by atoms with Crippen LogP contribution in [-0.2, 0) is 9.59 Å². The SMILES string of the molecule is C/C=C\C(=C/C)NC1CC(=O)N(C(/C=C\C)=C/C)C1=O. The highest BCUT2D eigenvalue weighted by molar-refractivity contribution is 6.07. The van der Waals surface area contributed by atoms with Gasteiger partial charge in [0.25, 0.3) is 5.91 Å². The van der Waals surface area contributed by atoms with Crippen molar-refractivity contribution in [2.75, 3.05) is 0 Å². The largest absolute Gasteiger partial charge is 0.374 e. The fourth-order valence-electron chi connectivity index (χ4n) is 2.09. The summed E-state index contributed by atoms with van der Waals surface area (Å²) in [4.78, 5) is 25.7. The zero-order chi connectivity index (χ0) is 15.1. The number of hydrogen-bond donors (Lipinski definition) is 1. The molecule has 2 amide bonds. The zero-order valence-corrected chi connectivity index (χ0v) is 12.5. The lowest BCUT2D eigenvalue weighted by molar-refractivity contribution is -0.136. The predicted molar refractivity (Wildman–Crippen MR) is 80.5 cm³/mol. The number of carbonyl (C=O) groups is 2. The van der Waals surface area contributed by atoms with Crippen LogP contribution in [0.2, 0.25) is 0 Å². The van der Waals surface area contributed by atoms with Crippen molar-refractivity contribution in [3.63, 3.8) is 0 Å². The van der Waals surface area contributed by atoms with Crippen LogP contribution in [0.5, 0.6) is 0 Å². The molecule has 4 nitrogen and oxygen atoms in total. The fraction of sp³-hybridized carbons (Fsp3) is 0.375. The van der Waals surface area contributed by atoms with Crippen molar-refractivity contribution in [1.29, 1.82) is 0 Å². The van der Waals surface area contributed by atoms with Gasteiger partial charge in [-0.2, -0.15) is 0 Å². The van der Waals surface area contributed by atoms with Crippen molar-refractivity contribution in [3.05, 3.63) is 47.9 Å². The Bertz CT molecular complexity index is 499. The van der Waals surface area contributed by atoms with E-state index in [1.54, 1.807) is 12.2 Å². The van der Waals surface area contributed by atoms with E-state index in [1.807, 2.05) is 52.0 Å². The van der Waals surface area contributed by atoms with Crippen molar-refractivity contribution in [2.24, 2.45) is 0 Å². The summed E-state index contributed by atoms with van der Waals surface area (Å²) in [5, 5.41) is 3.11. The monoisotopic (exact) mass is 274 g/mol. The Labute approximate surface area is 120 Å². The summed E-state index contributed by atoms with van der Waals surface area (Å²) in [5.74, 6) is -0.375. The first kappa shape index (κ1) is 16.0. The Morgan fingerprint density at radius 1 is 1.10 bits per heavy atom. The van der Waals surface area contributed by atoms with Crippen LogP contribution >= 0.6 is 0 Å². The number of hydrogen-bond acceptors (Lipinski definition) is 3. The van der Waals surface area contributed by atoms with Crippen molar-refractivity contribution in [3.8, 4) is 0 Å². The van der Waals surface area contributed by atoms with Gasteiger partial charge < -0.3 is 5.32 Å². The fourth-order valence-corrected chi connectivity index (χ4v) is 2.09. The molecule has 1 unspecified atom stereocenters. The average Bonchev–Trinajstić information content (AvgIpc) is 2.71. The van der Waals surface area contributed by atoms with Gasteiger partial charge in [-0.1, -0.05) is 24.3 Å². The zero-order valence-electron chi connectivity index (χ0n) is 12.5. The number of nitrogens with one attached hydrogen (secondary N) is 1. The summed E-state index contributed by atoms with van der Waals surface area (Å²) >= 11 is 0. The van der Waals surface area contributed by atoms with Crippen LogP contribution in [0.1, 0.15) is 34.1 Å². The highest BCUT2D eigenvalue weighted by Gasteiger charge is 2.39. The second-order valence-electron chi connectivity index (χ2n) is 4.43. The van der Waals surface area contributed by atoms with E-state index in [1.165, 1.54) is 4.90 Å². The molecule has 0 aromatic rings. The van der Waals surface area contributed by atoms with Crippen LogP contribution in [0.3, 0.4) is 0 Å². The molecule has 1 aliphatic heterocycles. The summed E-state index contributed by atoms with van der Waals surface area (Å²) in [7, 11) is 0. The molecule has 0 aromatic carbocycles. The van der Waals surface area contributed by atoms with Gasteiger partial charge in [0.05, 0.1) is 6.42 Å². The summed E-state index contributed by atoms with van der Waals surface area (Å²) < 4.78 is 0. The molecule has 1 heterocycles. The molecule has 1 atom stereocenters. The van der Waals surface area contributed by atoms with Gasteiger partial charge in [0.1, 0.15) is 6.04 Å². The Balaban J connectivity index is 2.92. The Hall–Kier alpha value is -2.10. The molecule has 0 saturated carbocycles. The van der Waals surface area contributed by atoms with E-state index in [-0.39, 0.29) is 18.2 Å². The maximum Gasteiger partial charge on any atom is 0.256 e. The van der Waals surface area contributed by atoms with E-state index in [0.717, 1.165) is 5.70 Å². The van der Waals surface area contributed by atoms with Crippen molar-refractivity contribution in [2.45, 2.75) is 40.2 Å². The van der Waals surface area contributed by atoms with E-state index < -0.39 is 6.04 Å². The summed E-state index contributed by atoms with van der Waals surface area (Å²) in [6.45, 7) is 7.46. The number of carbonyl (C=O) groups excluding carboxylic acids is 2. The molecule has 0 aromatic heterocycles. The highest BCUT2D eigenvalue weighted by Crippen LogP contribution is 2.20. The van der Waals surface area contributed by atoms with Crippen molar-refractivity contribution in [1.82, 2.24) is 10.2 Å².